The Balaban J connectivity index is 1.19. The molecule has 11 nitrogen and oxygen atoms in total. The van der Waals surface area contributed by atoms with Gasteiger partial charge in [0, 0.05) is 55.7 Å². The van der Waals surface area contributed by atoms with Gasteiger partial charge in [-0.3, -0.25) is 23.9 Å². The molecule has 4 aromatic rings. The summed E-state index contributed by atoms with van der Waals surface area (Å²) in [5, 5.41) is 6.94. The number of para-hydroxylation sites is 1. The summed E-state index contributed by atoms with van der Waals surface area (Å²) in [6, 6.07) is 15.5. The lowest BCUT2D eigenvalue weighted by Gasteiger charge is -2.29. The second-order valence-corrected chi connectivity index (χ2v) is 12.7. The van der Waals surface area contributed by atoms with Gasteiger partial charge in [0.05, 0.1) is 42.1 Å². The van der Waals surface area contributed by atoms with Crippen LogP contribution in [-0.2, 0) is 27.5 Å². The fraction of sp³-hybridized carbons (Fsp3) is 0.400. The summed E-state index contributed by atoms with van der Waals surface area (Å²) in [6.45, 7) is 2.22. The molecule has 0 saturated heterocycles. The van der Waals surface area contributed by atoms with Crippen molar-refractivity contribution in [2.45, 2.75) is 70.7 Å². The maximum absolute atomic E-state index is 13.1. The second-order valence-electron chi connectivity index (χ2n) is 11.9. The zero-order chi connectivity index (χ0) is 34.2. The van der Waals surface area contributed by atoms with Gasteiger partial charge in [0.1, 0.15) is 23.7 Å². The number of nitrogens with zero attached hydrogens (tertiary/aromatic N) is 4. The Kier molecular flexibility index (Phi) is 11.9. The second kappa shape index (κ2) is 16.3. The topological polar surface area (TPSA) is 128 Å². The van der Waals surface area contributed by atoms with Gasteiger partial charge in [0.25, 0.3) is 6.01 Å². The summed E-state index contributed by atoms with van der Waals surface area (Å²) in [7, 11) is 3.19. The van der Waals surface area contributed by atoms with Crippen LogP contribution in [0.5, 0.6) is 11.8 Å². The Bertz CT molecular complexity index is 1760. The van der Waals surface area contributed by atoms with E-state index >= 15 is 0 Å². The number of pyridine rings is 1. The number of ketones is 1. The lowest BCUT2D eigenvalue weighted by molar-refractivity contribution is -0.123. The van der Waals surface area contributed by atoms with E-state index in [1.807, 2.05) is 41.0 Å². The lowest BCUT2D eigenvalue weighted by Crippen LogP contribution is -2.42. The first-order valence-electron chi connectivity index (χ1n) is 16.0. The molecule has 2 aromatic carbocycles. The summed E-state index contributed by atoms with van der Waals surface area (Å²) in [5.74, 6) is 0.216. The number of carbonyl (C=O) groups is 3. The first-order valence-corrected chi connectivity index (χ1v) is 16.7. The van der Waals surface area contributed by atoms with Crippen molar-refractivity contribution < 1.29 is 23.9 Å². The van der Waals surface area contributed by atoms with Crippen LogP contribution in [0.25, 0.3) is 11.0 Å². The molecule has 48 heavy (non-hydrogen) atoms. The average Bonchev–Trinajstić information content (AvgIpc) is 3.44. The lowest BCUT2D eigenvalue weighted by atomic mass is 9.91. The smallest absolute Gasteiger partial charge is 0.297 e. The highest BCUT2D eigenvalue weighted by molar-refractivity contribution is 6.38. The van der Waals surface area contributed by atoms with Crippen molar-refractivity contribution >= 4 is 57.5 Å². The van der Waals surface area contributed by atoms with Crippen LogP contribution >= 0.6 is 23.2 Å². The maximum atomic E-state index is 13.1. The molecule has 2 N–H and O–H groups in total. The molecule has 2 heterocycles. The molecular weight excluding hydrogens is 655 g/mol. The molecule has 13 heteroatoms. The fourth-order valence-electron chi connectivity index (χ4n) is 5.93. The molecule has 1 aliphatic rings. The van der Waals surface area contributed by atoms with Gasteiger partial charge >= 0.3 is 0 Å². The Morgan fingerprint density at radius 3 is 2.48 bits per heavy atom. The SMILES string of the molecule is COc1nc2c(OCc3c(Cl)ccc(N(C)C(=O)CCC(=O)CNC4CCC(NC(C)=O)CC4)c3Cl)cccc2n1Cc1ccccn1. The van der Waals surface area contributed by atoms with Crippen LogP contribution in [0.4, 0.5) is 5.69 Å². The molecule has 0 spiro atoms. The number of anilines is 1. The largest absolute Gasteiger partial charge is 0.486 e. The molecule has 0 unspecified atom stereocenters. The normalized spacial score (nSPS) is 16.0. The highest BCUT2D eigenvalue weighted by atomic mass is 35.5. The predicted octanol–water partition coefficient (Wildman–Crippen LogP) is 5.72. The number of halogens is 2. The van der Waals surface area contributed by atoms with Crippen molar-refractivity contribution in [3.63, 3.8) is 0 Å². The molecule has 254 valence electrons. The van der Waals surface area contributed by atoms with E-state index in [4.69, 9.17) is 32.7 Å². The van der Waals surface area contributed by atoms with Gasteiger partial charge in [0.2, 0.25) is 11.8 Å². The van der Waals surface area contributed by atoms with Crippen LogP contribution in [0, 0.1) is 0 Å². The van der Waals surface area contributed by atoms with E-state index in [1.165, 1.54) is 11.8 Å². The highest BCUT2D eigenvalue weighted by Crippen LogP contribution is 2.36. The van der Waals surface area contributed by atoms with E-state index in [-0.39, 0.29) is 60.7 Å². The molecule has 1 aliphatic carbocycles. The summed E-state index contributed by atoms with van der Waals surface area (Å²) < 4.78 is 13.7. The zero-order valence-electron chi connectivity index (χ0n) is 27.3. The minimum atomic E-state index is -0.245. The minimum Gasteiger partial charge on any atom is -0.486 e. The van der Waals surface area contributed by atoms with Crippen LogP contribution in [0.2, 0.25) is 10.0 Å². The van der Waals surface area contributed by atoms with E-state index in [2.05, 4.69) is 20.6 Å². The van der Waals surface area contributed by atoms with Gasteiger partial charge in [-0.05, 0) is 62.1 Å². The van der Waals surface area contributed by atoms with Crippen molar-refractivity contribution in [1.82, 2.24) is 25.2 Å². The number of fused-ring (bicyclic) bond motifs is 1. The molecule has 2 aromatic heterocycles. The van der Waals surface area contributed by atoms with Gasteiger partial charge in [-0.2, -0.15) is 4.98 Å². The average molecular weight is 696 g/mol. The standard InChI is InChI=1S/C35H40Cl2N6O5/c1-22(44)40-24-12-10-23(11-13-24)39-19-26(45)14-17-32(46)42(2)29-16-15-28(36)27(33(29)37)21-48-31-9-6-8-30-34(31)41-35(47-3)43(30)20-25-7-4-5-18-38-25/h4-9,15-16,18,23-24,39H,10-14,17,19-21H2,1-3H3,(H,40,44). The predicted molar refractivity (Wildman–Crippen MR) is 186 cm³/mol. The number of rotatable bonds is 14. The number of hydrogen-bond donors (Lipinski definition) is 2. The zero-order valence-corrected chi connectivity index (χ0v) is 28.8. The van der Waals surface area contributed by atoms with Crippen molar-refractivity contribution in [3.8, 4) is 11.8 Å². The minimum absolute atomic E-state index is 0.0166. The van der Waals surface area contributed by atoms with Gasteiger partial charge in [-0.25, -0.2) is 0 Å². The number of aromatic nitrogens is 3. The maximum Gasteiger partial charge on any atom is 0.297 e. The Morgan fingerprint density at radius 1 is 1.00 bits per heavy atom. The van der Waals surface area contributed by atoms with E-state index < -0.39 is 0 Å². The Labute approximate surface area is 289 Å². The molecule has 2 amide bonds. The molecule has 0 bridgehead atoms. The third-order valence-electron chi connectivity index (χ3n) is 8.55. The number of carbonyl (C=O) groups excluding carboxylic acids is 3. The third-order valence-corrected chi connectivity index (χ3v) is 9.32. The number of Topliss-reactive ketones (excluding diaryl/α,β-unsaturated/α-hetero) is 1. The summed E-state index contributed by atoms with van der Waals surface area (Å²) in [6.07, 6.45) is 5.43. The van der Waals surface area contributed by atoms with Crippen molar-refractivity contribution in [1.29, 1.82) is 0 Å². The Morgan fingerprint density at radius 2 is 1.77 bits per heavy atom. The monoisotopic (exact) mass is 694 g/mol. The van der Waals surface area contributed by atoms with Gasteiger partial charge in [-0.15, -0.1) is 0 Å². The number of benzene rings is 2. The molecule has 0 radical (unpaired) electrons. The van der Waals surface area contributed by atoms with E-state index in [0.717, 1.165) is 36.9 Å². The first kappa shape index (κ1) is 35.1. The number of amides is 2. The van der Waals surface area contributed by atoms with Gasteiger partial charge in [-0.1, -0.05) is 35.3 Å². The highest BCUT2D eigenvalue weighted by Gasteiger charge is 2.23. The van der Waals surface area contributed by atoms with E-state index in [1.54, 1.807) is 32.5 Å². The van der Waals surface area contributed by atoms with Crippen molar-refractivity contribution in [2.24, 2.45) is 0 Å². The van der Waals surface area contributed by atoms with E-state index in [0.29, 0.717) is 40.1 Å². The Hall–Kier alpha value is -4.19. The quantitative estimate of drug-likeness (QED) is 0.172. The van der Waals surface area contributed by atoms with Crippen LogP contribution in [0.1, 0.15) is 56.7 Å². The third kappa shape index (κ3) is 8.63. The number of nitrogens with one attached hydrogen (secondary N) is 2. The molecule has 1 fully saturated rings. The summed E-state index contributed by atoms with van der Waals surface area (Å²) in [5.41, 5.74) is 3.25. The van der Waals surface area contributed by atoms with Crippen LogP contribution in [0.3, 0.4) is 0 Å². The first-order chi connectivity index (χ1) is 23.1. The fourth-order valence-corrected chi connectivity index (χ4v) is 6.54. The molecule has 1 saturated carbocycles. The van der Waals surface area contributed by atoms with Crippen LogP contribution in [0.15, 0.2) is 54.7 Å². The van der Waals surface area contributed by atoms with Crippen LogP contribution < -0.4 is 25.0 Å². The molecule has 0 aliphatic heterocycles. The van der Waals surface area contributed by atoms with Gasteiger partial charge in [0.15, 0.2) is 0 Å². The van der Waals surface area contributed by atoms with Gasteiger partial charge < -0.3 is 25.0 Å². The molecule has 0 atom stereocenters. The van der Waals surface area contributed by atoms with Crippen molar-refractivity contribution in [3.05, 3.63) is 76.0 Å². The summed E-state index contributed by atoms with van der Waals surface area (Å²) >= 11 is 13.4. The summed E-state index contributed by atoms with van der Waals surface area (Å²) in [4.78, 5) is 47.5. The van der Waals surface area contributed by atoms with E-state index in [9.17, 15) is 14.4 Å². The van der Waals surface area contributed by atoms with Crippen LogP contribution in [-0.4, -0.2) is 64.9 Å². The van der Waals surface area contributed by atoms with Crippen molar-refractivity contribution in [2.75, 3.05) is 25.6 Å². The molecule has 5 rings (SSSR count). The number of ether oxygens (including phenoxy) is 2. The molecular formula is C35H40Cl2N6O5. The number of hydrogen-bond acceptors (Lipinski definition) is 8. The number of imidazole rings is 1. The number of methoxy groups -OCH3 is 1.